The first-order valence-corrected chi connectivity index (χ1v) is 8.32. The van der Waals surface area contributed by atoms with Crippen molar-refractivity contribution in [1.29, 1.82) is 0 Å². The van der Waals surface area contributed by atoms with Crippen LogP contribution < -0.4 is 21.5 Å². The van der Waals surface area contributed by atoms with Crippen molar-refractivity contribution in [2.75, 3.05) is 5.43 Å². The van der Waals surface area contributed by atoms with Crippen LogP contribution in [-0.4, -0.2) is 20.3 Å². The van der Waals surface area contributed by atoms with E-state index in [2.05, 4.69) is 10.4 Å². The van der Waals surface area contributed by atoms with Gasteiger partial charge in [-0.15, -0.1) is 0 Å². The number of hydrogen-bond donors (Lipinski definition) is 1. The average molecular weight is 344 g/mol. The monoisotopic (exact) mass is 344 g/mol. The van der Waals surface area contributed by atoms with Crippen molar-refractivity contribution in [3.8, 4) is 5.75 Å². The van der Waals surface area contributed by atoms with Crippen LogP contribution in [0.3, 0.4) is 0 Å². The molecule has 1 heterocycles. The molecule has 0 atom stereocenters. The van der Waals surface area contributed by atoms with Gasteiger partial charge in [0.1, 0.15) is 11.6 Å². The van der Waals surface area contributed by atoms with Gasteiger partial charge in [-0.25, -0.2) is 24.4 Å². The zero-order chi connectivity index (χ0) is 17.8. The summed E-state index contributed by atoms with van der Waals surface area (Å²) >= 11 is 0. The molecule has 2 aromatic rings. The molecule has 1 N–H and O–H groups in total. The highest BCUT2D eigenvalue weighted by Gasteiger charge is 2.22. The molecule has 0 unspecified atom stereocenters. The van der Waals surface area contributed by atoms with Gasteiger partial charge >= 0.3 is 17.5 Å². The molecule has 1 amide bonds. The number of ether oxygens (including phenoxy) is 1. The van der Waals surface area contributed by atoms with E-state index in [-0.39, 0.29) is 11.9 Å². The molecule has 8 heteroatoms. The van der Waals surface area contributed by atoms with E-state index in [1.807, 2.05) is 0 Å². The van der Waals surface area contributed by atoms with E-state index < -0.39 is 17.5 Å². The van der Waals surface area contributed by atoms with Crippen LogP contribution in [0.5, 0.6) is 5.75 Å². The number of aryl methyl sites for hydroxylation is 1. The van der Waals surface area contributed by atoms with E-state index in [9.17, 15) is 14.4 Å². The lowest BCUT2D eigenvalue weighted by molar-refractivity contribution is 0.210. The number of carbonyl (C=O) groups excluding carboxylic acids is 1. The molecule has 0 aliphatic heterocycles. The molecule has 3 rings (SSSR count). The maximum Gasteiger partial charge on any atom is 0.432 e. The third-order valence-electron chi connectivity index (χ3n) is 4.28. The molecule has 1 aliphatic carbocycles. The zero-order valence-corrected chi connectivity index (χ0v) is 14.0. The Labute approximate surface area is 144 Å². The highest BCUT2D eigenvalue weighted by atomic mass is 16.6. The second-order valence-corrected chi connectivity index (χ2v) is 6.04. The number of nitrogens with one attached hydrogen (secondary N) is 1. The van der Waals surface area contributed by atoms with Crippen LogP contribution in [0, 0.1) is 6.92 Å². The number of benzene rings is 1. The molecule has 0 radical (unpaired) electrons. The third-order valence-corrected chi connectivity index (χ3v) is 4.28. The molecule has 1 aliphatic rings. The smallest absolute Gasteiger partial charge is 0.409 e. The van der Waals surface area contributed by atoms with Crippen LogP contribution in [-0.2, 0) is 0 Å². The molecule has 1 saturated carbocycles. The van der Waals surface area contributed by atoms with Gasteiger partial charge in [-0.3, -0.25) is 0 Å². The largest absolute Gasteiger partial charge is 0.432 e. The number of hydrogen-bond acceptors (Lipinski definition) is 5. The lowest BCUT2D eigenvalue weighted by Gasteiger charge is -2.23. The predicted octanol–water partition coefficient (Wildman–Crippen LogP) is 1.96. The fourth-order valence-corrected chi connectivity index (χ4v) is 3.06. The van der Waals surface area contributed by atoms with Crippen LogP contribution in [0.1, 0.15) is 44.0 Å². The standard InChI is InChI=1S/C17H20N4O4/c1-12-18-15(22)20(13-8-4-2-5-9-13)17(24)21(12)19-16(23)25-14-10-6-3-7-11-14/h3,6-7,10-11,13H,2,4-5,8-9H2,1H3,(H,19,23). The molecule has 0 saturated heterocycles. The van der Waals surface area contributed by atoms with Crippen molar-refractivity contribution in [2.24, 2.45) is 0 Å². The molecular formula is C17H20N4O4. The van der Waals surface area contributed by atoms with Crippen LogP contribution in [0.4, 0.5) is 4.79 Å². The lowest BCUT2D eigenvalue weighted by atomic mass is 9.95. The van der Waals surface area contributed by atoms with Gasteiger partial charge in [-0.2, -0.15) is 9.66 Å². The topological polar surface area (TPSA) is 95.2 Å². The Bertz CT molecular complexity index is 866. The minimum atomic E-state index is -0.827. The molecule has 0 spiro atoms. The fourth-order valence-electron chi connectivity index (χ4n) is 3.06. The van der Waals surface area contributed by atoms with Gasteiger partial charge in [0, 0.05) is 6.04 Å². The number of para-hydroxylation sites is 1. The highest BCUT2D eigenvalue weighted by molar-refractivity contribution is 5.78. The molecule has 25 heavy (non-hydrogen) atoms. The normalized spacial score (nSPS) is 14.9. The summed E-state index contributed by atoms with van der Waals surface area (Å²) in [6.07, 6.45) is 3.72. The van der Waals surface area contributed by atoms with Crippen LogP contribution in [0.25, 0.3) is 0 Å². The molecule has 1 fully saturated rings. The number of carbonyl (C=O) groups is 1. The lowest BCUT2D eigenvalue weighted by Crippen LogP contribution is -2.49. The minimum Gasteiger partial charge on any atom is -0.409 e. The molecule has 1 aromatic carbocycles. The average Bonchev–Trinajstić information content (AvgIpc) is 2.60. The van der Waals surface area contributed by atoms with Crippen LogP contribution in [0.2, 0.25) is 0 Å². The van der Waals surface area contributed by atoms with E-state index in [1.54, 1.807) is 30.3 Å². The Kier molecular flexibility index (Phi) is 4.97. The second-order valence-electron chi connectivity index (χ2n) is 6.04. The van der Waals surface area contributed by atoms with Crippen molar-refractivity contribution in [3.05, 3.63) is 57.1 Å². The van der Waals surface area contributed by atoms with E-state index in [4.69, 9.17) is 4.74 Å². The Balaban J connectivity index is 1.87. The Morgan fingerprint density at radius 1 is 1.16 bits per heavy atom. The van der Waals surface area contributed by atoms with Gasteiger partial charge in [-0.05, 0) is 31.9 Å². The van der Waals surface area contributed by atoms with Gasteiger partial charge in [0.25, 0.3) is 0 Å². The van der Waals surface area contributed by atoms with Crippen molar-refractivity contribution in [2.45, 2.75) is 45.1 Å². The Morgan fingerprint density at radius 2 is 1.84 bits per heavy atom. The maximum absolute atomic E-state index is 12.7. The van der Waals surface area contributed by atoms with Gasteiger partial charge in [0.05, 0.1) is 0 Å². The summed E-state index contributed by atoms with van der Waals surface area (Å²) < 4.78 is 7.21. The number of nitrogens with zero attached hydrogens (tertiary/aromatic N) is 3. The maximum atomic E-state index is 12.7. The van der Waals surface area contributed by atoms with Gasteiger partial charge in [-0.1, -0.05) is 37.5 Å². The van der Waals surface area contributed by atoms with Crippen molar-refractivity contribution >= 4 is 6.09 Å². The Morgan fingerprint density at radius 3 is 2.52 bits per heavy atom. The first-order chi connectivity index (χ1) is 12.1. The van der Waals surface area contributed by atoms with Crippen LogP contribution in [0.15, 0.2) is 39.9 Å². The second kappa shape index (κ2) is 7.33. The van der Waals surface area contributed by atoms with E-state index in [1.165, 1.54) is 6.92 Å². The third kappa shape index (κ3) is 3.78. The van der Waals surface area contributed by atoms with Crippen molar-refractivity contribution < 1.29 is 9.53 Å². The fraction of sp³-hybridized carbons (Fsp3) is 0.412. The molecule has 0 bridgehead atoms. The SMILES string of the molecule is Cc1nc(=O)n(C2CCCCC2)c(=O)n1NC(=O)Oc1ccccc1. The van der Waals surface area contributed by atoms with Crippen molar-refractivity contribution in [3.63, 3.8) is 0 Å². The number of aromatic nitrogens is 3. The zero-order valence-electron chi connectivity index (χ0n) is 14.0. The first-order valence-electron chi connectivity index (χ1n) is 8.32. The predicted molar refractivity (Wildman–Crippen MR) is 91.4 cm³/mol. The van der Waals surface area contributed by atoms with Gasteiger partial charge in [0.15, 0.2) is 0 Å². The van der Waals surface area contributed by atoms with Crippen LogP contribution >= 0.6 is 0 Å². The summed E-state index contributed by atoms with van der Waals surface area (Å²) in [6, 6.07) is 8.31. The summed E-state index contributed by atoms with van der Waals surface area (Å²) in [4.78, 5) is 40.8. The molecule has 132 valence electrons. The summed E-state index contributed by atoms with van der Waals surface area (Å²) in [5.74, 6) is 0.450. The minimum absolute atomic E-state index is 0.104. The van der Waals surface area contributed by atoms with Crippen molar-refractivity contribution in [1.82, 2.24) is 14.2 Å². The number of amides is 1. The van der Waals surface area contributed by atoms with E-state index >= 15 is 0 Å². The molecule has 8 nitrogen and oxygen atoms in total. The first kappa shape index (κ1) is 16.9. The quantitative estimate of drug-likeness (QED) is 0.918. The van der Waals surface area contributed by atoms with E-state index in [0.29, 0.717) is 5.75 Å². The van der Waals surface area contributed by atoms with E-state index in [0.717, 1.165) is 41.3 Å². The molecular weight excluding hydrogens is 324 g/mol. The number of rotatable bonds is 3. The molecule has 1 aromatic heterocycles. The Hall–Kier alpha value is -2.90. The summed E-state index contributed by atoms with van der Waals surface area (Å²) in [5.41, 5.74) is 1.17. The summed E-state index contributed by atoms with van der Waals surface area (Å²) in [7, 11) is 0. The summed E-state index contributed by atoms with van der Waals surface area (Å²) in [6.45, 7) is 1.48. The van der Waals surface area contributed by atoms with Gasteiger partial charge < -0.3 is 4.74 Å². The highest BCUT2D eigenvalue weighted by Crippen LogP contribution is 2.25. The van der Waals surface area contributed by atoms with Gasteiger partial charge in [0.2, 0.25) is 0 Å². The summed E-state index contributed by atoms with van der Waals surface area (Å²) in [5, 5.41) is 0.